The zero-order valence-corrected chi connectivity index (χ0v) is 12.7. The standard InChI is InChI=1S/C13H18F3N3O2S/c14-10-8-12(16)13(9-11(10)15)22(20,21)18-2-1-5-19-6-3-17-4-7-19/h8-9,17-18H,1-7H2. The number of sulfonamides is 1. The lowest BCUT2D eigenvalue weighted by molar-refractivity contribution is 0.239. The van der Waals surface area contributed by atoms with E-state index in [0.717, 1.165) is 26.2 Å². The van der Waals surface area contributed by atoms with Gasteiger partial charge in [-0.1, -0.05) is 0 Å². The molecular weight excluding hydrogens is 319 g/mol. The van der Waals surface area contributed by atoms with Crippen LogP contribution in [0.15, 0.2) is 17.0 Å². The first-order chi connectivity index (χ1) is 10.4. The first-order valence-electron chi connectivity index (χ1n) is 6.97. The highest BCUT2D eigenvalue weighted by atomic mass is 32.2. The van der Waals surface area contributed by atoms with Gasteiger partial charge < -0.3 is 10.2 Å². The van der Waals surface area contributed by atoms with E-state index in [2.05, 4.69) is 14.9 Å². The summed E-state index contributed by atoms with van der Waals surface area (Å²) >= 11 is 0. The Hall–Kier alpha value is -1.16. The molecule has 2 N–H and O–H groups in total. The van der Waals surface area contributed by atoms with Crippen LogP contribution in [-0.4, -0.2) is 52.6 Å². The number of benzene rings is 1. The molecule has 0 unspecified atom stereocenters. The lowest BCUT2D eigenvalue weighted by Crippen LogP contribution is -2.44. The first-order valence-corrected chi connectivity index (χ1v) is 8.46. The molecular formula is C13H18F3N3O2S. The van der Waals surface area contributed by atoms with Crippen molar-refractivity contribution >= 4 is 10.0 Å². The number of nitrogens with one attached hydrogen (secondary N) is 2. The van der Waals surface area contributed by atoms with Crippen LogP contribution in [-0.2, 0) is 10.0 Å². The first kappa shape index (κ1) is 17.2. The van der Waals surface area contributed by atoms with Crippen LogP contribution in [0.4, 0.5) is 13.2 Å². The lowest BCUT2D eigenvalue weighted by Gasteiger charge is -2.27. The molecule has 5 nitrogen and oxygen atoms in total. The molecule has 1 aromatic rings. The summed E-state index contributed by atoms with van der Waals surface area (Å²) in [5, 5.41) is 3.21. The monoisotopic (exact) mass is 337 g/mol. The van der Waals surface area contributed by atoms with E-state index in [1.165, 1.54) is 0 Å². The van der Waals surface area contributed by atoms with Crippen molar-refractivity contribution in [1.29, 1.82) is 0 Å². The number of hydrogen-bond acceptors (Lipinski definition) is 4. The van der Waals surface area contributed by atoms with Gasteiger partial charge in [0.15, 0.2) is 11.6 Å². The summed E-state index contributed by atoms with van der Waals surface area (Å²) in [7, 11) is -4.20. The van der Waals surface area contributed by atoms with E-state index >= 15 is 0 Å². The topological polar surface area (TPSA) is 61.4 Å². The third kappa shape index (κ3) is 4.42. The number of rotatable bonds is 6. The summed E-state index contributed by atoms with van der Waals surface area (Å²) < 4.78 is 65.4. The molecule has 1 aliphatic rings. The molecule has 0 amide bonds. The molecule has 22 heavy (non-hydrogen) atoms. The van der Waals surface area contributed by atoms with Gasteiger partial charge in [-0.15, -0.1) is 0 Å². The summed E-state index contributed by atoms with van der Waals surface area (Å²) in [6.07, 6.45) is 0.546. The van der Waals surface area contributed by atoms with Gasteiger partial charge in [0.25, 0.3) is 0 Å². The molecule has 124 valence electrons. The van der Waals surface area contributed by atoms with Crippen LogP contribution in [0.2, 0.25) is 0 Å². The van der Waals surface area contributed by atoms with Crippen LogP contribution in [0.25, 0.3) is 0 Å². The highest BCUT2D eigenvalue weighted by Crippen LogP contribution is 2.18. The predicted octanol–water partition coefficient (Wildman–Crippen LogP) is 0.677. The Morgan fingerprint density at radius 2 is 1.73 bits per heavy atom. The highest BCUT2D eigenvalue weighted by molar-refractivity contribution is 7.89. The van der Waals surface area contributed by atoms with E-state index in [4.69, 9.17) is 0 Å². The largest absolute Gasteiger partial charge is 0.314 e. The molecule has 1 fully saturated rings. The molecule has 0 bridgehead atoms. The Labute approximate surface area is 127 Å². The SMILES string of the molecule is O=S(=O)(NCCCN1CCNCC1)c1cc(F)c(F)cc1F. The van der Waals surface area contributed by atoms with Crippen molar-refractivity contribution in [1.82, 2.24) is 14.9 Å². The number of hydrogen-bond donors (Lipinski definition) is 2. The summed E-state index contributed by atoms with van der Waals surface area (Å²) in [5.41, 5.74) is 0. The quantitative estimate of drug-likeness (QED) is 0.592. The van der Waals surface area contributed by atoms with E-state index < -0.39 is 32.4 Å². The number of nitrogens with zero attached hydrogens (tertiary/aromatic N) is 1. The van der Waals surface area contributed by atoms with Crippen LogP contribution < -0.4 is 10.0 Å². The van der Waals surface area contributed by atoms with Crippen molar-refractivity contribution in [2.24, 2.45) is 0 Å². The fourth-order valence-electron chi connectivity index (χ4n) is 2.23. The molecule has 0 aromatic heterocycles. The van der Waals surface area contributed by atoms with Crippen LogP contribution in [0.5, 0.6) is 0 Å². The van der Waals surface area contributed by atoms with Crippen LogP contribution >= 0.6 is 0 Å². The van der Waals surface area contributed by atoms with Gasteiger partial charge in [0, 0.05) is 38.8 Å². The Morgan fingerprint density at radius 3 is 2.41 bits per heavy atom. The van der Waals surface area contributed by atoms with E-state index in [0.29, 0.717) is 19.0 Å². The maximum absolute atomic E-state index is 13.5. The molecule has 0 atom stereocenters. The summed E-state index contributed by atoms with van der Waals surface area (Å²) in [5.74, 6) is -4.13. The van der Waals surface area contributed by atoms with Gasteiger partial charge in [0.1, 0.15) is 10.7 Å². The molecule has 2 rings (SSSR count). The fourth-order valence-corrected chi connectivity index (χ4v) is 3.37. The van der Waals surface area contributed by atoms with Crippen LogP contribution in [0, 0.1) is 17.5 Å². The van der Waals surface area contributed by atoms with Crippen molar-refractivity contribution in [3.8, 4) is 0 Å². The second kappa shape index (κ2) is 7.40. The second-order valence-electron chi connectivity index (χ2n) is 5.04. The smallest absolute Gasteiger partial charge is 0.243 e. The summed E-state index contributed by atoms with van der Waals surface area (Å²) in [4.78, 5) is 1.30. The van der Waals surface area contributed by atoms with Crippen molar-refractivity contribution in [2.45, 2.75) is 11.3 Å². The molecule has 1 aromatic carbocycles. The van der Waals surface area contributed by atoms with Crippen molar-refractivity contribution < 1.29 is 21.6 Å². The van der Waals surface area contributed by atoms with Crippen molar-refractivity contribution in [3.63, 3.8) is 0 Å². The van der Waals surface area contributed by atoms with Gasteiger partial charge in [0.2, 0.25) is 10.0 Å². The lowest BCUT2D eigenvalue weighted by atomic mass is 10.3. The molecule has 0 radical (unpaired) electrons. The van der Waals surface area contributed by atoms with Crippen molar-refractivity contribution in [3.05, 3.63) is 29.6 Å². The number of piperazine rings is 1. The molecule has 0 spiro atoms. The van der Waals surface area contributed by atoms with Gasteiger partial charge >= 0.3 is 0 Å². The minimum absolute atomic E-state index is 0.102. The normalized spacial score (nSPS) is 16.9. The molecule has 1 saturated heterocycles. The average molecular weight is 337 g/mol. The van der Waals surface area contributed by atoms with E-state index in [1.807, 2.05) is 0 Å². The average Bonchev–Trinajstić information content (AvgIpc) is 2.48. The number of halogens is 3. The Balaban J connectivity index is 1.89. The van der Waals surface area contributed by atoms with E-state index in [9.17, 15) is 21.6 Å². The maximum Gasteiger partial charge on any atom is 0.243 e. The zero-order chi connectivity index (χ0) is 16.2. The Bertz CT molecular complexity index is 619. The molecule has 0 saturated carbocycles. The highest BCUT2D eigenvalue weighted by Gasteiger charge is 2.21. The van der Waals surface area contributed by atoms with E-state index in [1.54, 1.807) is 0 Å². The minimum atomic E-state index is -4.20. The molecule has 1 heterocycles. The van der Waals surface area contributed by atoms with Gasteiger partial charge in [-0.3, -0.25) is 0 Å². The summed E-state index contributed by atoms with van der Waals surface area (Å²) in [6, 6.07) is 0.577. The van der Waals surface area contributed by atoms with Gasteiger partial charge in [-0.2, -0.15) is 0 Å². The second-order valence-corrected chi connectivity index (χ2v) is 6.78. The zero-order valence-electron chi connectivity index (χ0n) is 11.9. The van der Waals surface area contributed by atoms with Crippen molar-refractivity contribution in [2.75, 3.05) is 39.3 Å². The van der Waals surface area contributed by atoms with Gasteiger partial charge in [-0.05, 0) is 19.0 Å². The third-order valence-electron chi connectivity index (χ3n) is 3.42. The molecule has 1 aliphatic heterocycles. The predicted molar refractivity (Wildman–Crippen MR) is 75.4 cm³/mol. The maximum atomic E-state index is 13.5. The summed E-state index contributed by atoms with van der Waals surface area (Å²) in [6.45, 7) is 4.39. The minimum Gasteiger partial charge on any atom is -0.314 e. The van der Waals surface area contributed by atoms with Crippen LogP contribution in [0.1, 0.15) is 6.42 Å². The van der Waals surface area contributed by atoms with Gasteiger partial charge in [0.05, 0.1) is 0 Å². The van der Waals surface area contributed by atoms with Crippen LogP contribution in [0.3, 0.4) is 0 Å². The van der Waals surface area contributed by atoms with Gasteiger partial charge in [-0.25, -0.2) is 26.3 Å². The fraction of sp³-hybridized carbons (Fsp3) is 0.538. The molecule has 0 aliphatic carbocycles. The Morgan fingerprint density at radius 1 is 1.09 bits per heavy atom. The third-order valence-corrected chi connectivity index (χ3v) is 4.89. The molecule has 9 heteroatoms. The Kier molecular flexibility index (Phi) is 5.79. The van der Waals surface area contributed by atoms with E-state index in [-0.39, 0.29) is 12.6 Å².